The predicted molar refractivity (Wildman–Crippen MR) is 100 cm³/mol. The van der Waals surface area contributed by atoms with Gasteiger partial charge in [-0.2, -0.15) is 0 Å². The Morgan fingerprint density at radius 3 is 1.71 bits per heavy atom. The summed E-state index contributed by atoms with van der Waals surface area (Å²) in [5, 5.41) is 2.39. The highest BCUT2D eigenvalue weighted by molar-refractivity contribution is 5.82. The summed E-state index contributed by atoms with van der Waals surface area (Å²) in [5.41, 5.74) is 3.28. The largest absolute Gasteiger partial charge is 0.259 e. The predicted octanol–water partition coefficient (Wildman–Crippen LogP) is 5.59. The topological polar surface area (TPSA) is 12.9 Å². The standard InChI is InChI=1S/C23H19N/c1-23(20-12-4-2-5-13-20,21-14-6-3-7-15-21)22-16-18-10-8-9-11-19(18)17-24-22/h2-17H,1H3. The van der Waals surface area contributed by atoms with Crippen molar-refractivity contribution in [3.8, 4) is 0 Å². The lowest BCUT2D eigenvalue weighted by Gasteiger charge is -2.31. The summed E-state index contributed by atoms with van der Waals surface area (Å²) < 4.78 is 0. The number of fused-ring (bicyclic) bond motifs is 1. The normalized spacial score (nSPS) is 11.5. The minimum absolute atomic E-state index is 0.285. The first-order chi connectivity index (χ1) is 11.8. The molecule has 1 heterocycles. The third-order valence-corrected chi connectivity index (χ3v) is 4.85. The van der Waals surface area contributed by atoms with Gasteiger partial charge in [-0.15, -0.1) is 0 Å². The molecule has 4 aromatic rings. The van der Waals surface area contributed by atoms with Crippen LogP contribution < -0.4 is 0 Å². The van der Waals surface area contributed by atoms with Crippen LogP contribution in [0.2, 0.25) is 0 Å². The highest BCUT2D eigenvalue weighted by atomic mass is 14.7. The first-order valence-corrected chi connectivity index (χ1v) is 8.25. The molecule has 0 N–H and O–H groups in total. The van der Waals surface area contributed by atoms with Crippen LogP contribution in [0.1, 0.15) is 23.7 Å². The molecular weight excluding hydrogens is 290 g/mol. The zero-order valence-corrected chi connectivity index (χ0v) is 13.7. The smallest absolute Gasteiger partial charge is 0.0595 e. The van der Waals surface area contributed by atoms with E-state index in [0.717, 1.165) is 5.69 Å². The van der Waals surface area contributed by atoms with E-state index in [4.69, 9.17) is 4.98 Å². The van der Waals surface area contributed by atoms with Gasteiger partial charge in [0.05, 0.1) is 11.1 Å². The maximum atomic E-state index is 4.83. The summed E-state index contributed by atoms with van der Waals surface area (Å²) in [4.78, 5) is 4.83. The van der Waals surface area contributed by atoms with Crippen LogP contribution in [-0.2, 0) is 5.41 Å². The summed E-state index contributed by atoms with van der Waals surface area (Å²) in [5.74, 6) is 0. The summed E-state index contributed by atoms with van der Waals surface area (Å²) in [6.07, 6.45) is 1.98. The molecule has 0 aliphatic carbocycles. The molecule has 0 fully saturated rings. The van der Waals surface area contributed by atoms with Crippen LogP contribution in [0.3, 0.4) is 0 Å². The minimum Gasteiger partial charge on any atom is -0.259 e. The maximum Gasteiger partial charge on any atom is 0.0595 e. The van der Waals surface area contributed by atoms with Crippen LogP contribution >= 0.6 is 0 Å². The number of hydrogen-bond acceptors (Lipinski definition) is 1. The van der Waals surface area contributed by atoms with Crippen LogP contribution in [0.15, 0.2) is 97.2 Å². The van der Waals surface area contributed by atoms with Gasteiger partial charge >= 0.3 is 0 Å². The molecule has 0 radical (unpaired) electrons. The van der Waals surface area contributed by atoms with E-state index in [2.05, 4.69) is 97.9 Å². The molecule has 0 saturated carbocycles. The molecule has 0 atom stereocenters. The third kappa shape index (κ3) is 2.39. The van der Waals surface area contributed by atoms with Crippen molar-refractivity contribution >= 4 is 10.8 Å². The van der Waals surface area contributed by atoms with Crippen molar-refractivity contribution in [2.24, 2.45) is 0 Å². The van der Waals surface area contributed by atoms with Crippen LogP contribution in [0.25, 0.3) is 10.8 Å². The van der Waals surface area contributed by atoms with E-state index in [1.54, 1.807) is 0 Å². The summed E-state index contributed by atoms with van der Waals surface area (Å²) in [6, 6.07) is 31.8. The van der Waals surface area contributed by atoms with E-state index in [9.17, 15) is 0 Å². The summed E-state index contributed by atoms with van der Waals surface area (Å²) >= 11 is 0. The first kappa shape index (κ1) is 14.6. The number of nitrogens with zero attached hydrogens (tertiary/aromatic N) is 1. The van der Waals surface area contributed by atoms with Gasteiger partial charge < -0.3 is 0 Å². The molecule has 24 heavy (non-hydrogen) atoms. The second-order valence-electron chi connectivity index (χ2n) is 6.27. The van der Waals surface area contributed by atoms with Gasteiger partial charge in [0.2, 0.25) is 0 Å². The fourth-order valence-corrected chi connectivity index (χ4v) is 3.36. The van der Waals surface area contributed by atoms with Crippen molar-refractivity contribution in [1.82, 2.24) is 4.98 Å². The fraction of sp³-hybridized carbons (Fsp3) is 0.0870. The molecule has 3 aromatic carbocycles. The van der Waals surface area contributed by atoms with Gasteiger partial charge in [-0.05, 0) is 29.5 Å². The first-order valence-electron chi connectivity index (χ1n) is 8.25. The average Bonchev–Trinajstić information content (AvgIpc) is 2.68. The van der Waals surface area contributed by atoms with Crippen LogP contribution in [0.5, 0.6) is 0 Å². The molecule has 0 bridgehead atoms. The van der Waals surface area contributed by atoms with Gasteiger partial charge in [-0.1, -0.05) is 84.9 Å². The Kier molecular flexibility index (Phi) is 3.62. The Labute approximate surface area is 142 Å². The van der Waals surface area contributed by atoms with Gasteiger partial charge in [-0.25, -0.2) is 0 Å². The van der Waals surface area contributed by atoms with E-state index in [-0.39, 0.29) is 5.41 Å². The maximum absolute atomic E-state index is 4.83. The highest BCUT2D eigenvalue weighted by Gasteiger charge is 2.32. The molecule has 1 heteroatoms. The molecule has 1 aromatic heterocycles. The Morgan fingerprint density at radius 1 is 0.625 bits per heavy atom. The van der Waals surface area contributed by atoms with E-state index < -0.39 is 0 Å². The Balaban J connectivity index is 1.98. The van der Waals surface area contributed by atoms with Crippen molar-refractivity contribution in [3.63, 3.8) is 0 Å². The number of pyridine rings is 1. The van der Waals surface area contributed by atoms with Crippen LogP contribution in [0, 0.1) is 0 Å². The molecule has 0 amide bonds. The van der Waals surface area contributed by atoms with Crippen molar-refractivity contribution in [2.45, 2.75) is 12.3 Å². The van der Waals surface area contributed by atoms with Gasteiger partial charge in [-0.3, -0.25) is 4.98 Å². The van der Waals surface area contributed by atoms with E-state index in [1.165, 1.54) is 21.9 Å². The van der Waals surface area contributed by atoms with Crippen LogP contribution in [0.4, 0.5) is 0 Å². The number of hydrogen-bond donors (Lipinski definition) is 0. The van der Waals surface area contributed by atoms with E-state index >= 15 is 0 Å². The lowest BCUT2D eigenvalue weighted by atomic mass is 9.73. The second kappa shape index (κ2) is 5.93. The van der Waals surface area contributed by atoms with Crippen molar-refractivity contribution < 1.29 is 0 Å². The molecule has 116 valence electrons. The summed E-state index contributed by atoms with van der Waals surface area (Å²) in [7, 11) is 0. The molecule has 0 spiro atoms. The van der Waals surface area contributed by atoms with Gasteiger partial charge in [0.1, 0.15) is 0 Å². The van der Waals surface area contributed by atoms with Gasteiger partial charge in [0.25, 0.3) is 0 Å². The second-order valence-corrected chi connectivity index (χ2v) is 6.27. The number of rotatable bonds is 3. The molecular formula is C23H19N. The van der Waals surface area contributed by atoms with Gasteiger partial charge in [0.15, 0.2) is 0 Å². The summed E-state index contributed by atoms with van der Waals surface area (Å²) in [6.45, 7) is 2.26. The van der Waals surface area contributed by atoms with Gasteiger partial charge in [0, 0.05) is 11.6 Å². The monoisotopic (exact) mass is 309 g/mol. The lowest BCUT2D eigenvalue weighted by molar-refractivity contribution is 0.667. The highest BCUT2D eigenvalue weighted by Crippen LogP contribution is 2.38. The molecule has 0 aliphatic rings. The van der Waals surface area contributed by atoms with E-state index in [0.29, 0.717) is 0 Å². The molecule has 0 unspecified atom stereocenters. The zero-order chi connectivity index (χ0) is 16.4. The molecule has 0 saturated heterocycles. The van der Waals surface area contributed by atoms with Crippen molar-refractivity contribution in [3.05, 3.63) is 114 Å². The third-order valence-electron chi connectivity index (χ3n) is 4.85. The molecule has 4 rings (SSSR count). The zero-order valence-electron chi connectivity index (χ0n) is 13.7. The van der Waals surface area contributed by atoms with Crippen molar-refractivity contribution in [1.29, 1.82) is 0 Å². The quantitative estimate of drug-likeness (QED) is 0.481. The number of benzene rings is 3. The van der Waals surface area contributed by atoms with E-state index in [1.807, 2.05) is 6.20 Å². The number of aromatic nitrogens is 1. The minimum atomic E-state index is -0.285. The molecule has 0 aliphatic heterocycles. The Bertz CT molecular complexity index is 919. The molecule has 1 nitrogen and oxygen atoms in total. The van der Waals surface area contributed by atoms with Crippen molar-refractivity contribution in [2.75, 3.05) is 0 Å². The van der Waals surface area contributed by atoms with Crippen LogP contribution in [-0.4, -0.2) is 4.98 Å². The lowest BCUT2D eigenvalue weighted by Crippen LogP contribution is -2.26. The Morgan fingerprint density at radius 2 is 1.12 bits per heavy atom. The fourth-order valence-electron chi connectivity index (χ4n) is 3.36. The Hall–Kier alpha value is -2.93. The average molecular weight is 309 g/mol. The SMILES string of the molecule is CC(c1ccccc1)(c1ccccc1)c1cc2ccccc2cn1.